The molecule has 1 aliphatic rings. The van der Waals surface area contributed by atoms with Crippen LogP contribution in [0.25, 0.3) is 0 Å². The Morgan fingerprint density at radius 3 is 2.66 bits per heavy atom. The molecule has 1 amide bonds. The average molecular weight is 487 g/mol. The van der Waals surface area contributed by atoms with Crippen molar-refractivity contribution in [3.8, 4) is 5.75 Å². The van der Waals surface area contributed by atoms with Crippen LogP contribution in [0.2, 0.25) is 0 Å². The number of benzene rings is 1. The number of aromatic nitrogens is 3. The number of rotatable bonds is 8. The van der Waals surface area contributed by atoms with Crippen molar-refractivity contribution >= 4 is 22.4 Å². The summed E-state index contributed by atoms with van der Waals surface area (Å²) in [6.07, 6.45) is 9.06. The molecule has 1 aromatic carbocycles. The molecule has 1 saturated carbocycles. The number of thiazole rings is 1. The van der Waals surface area contributed by atoms with Crippen LogP contribution in [-0.4, -0.2) is 26.5 Å². The minimum atomic E-state index is -0.145. The van der Waals surface area contributed by atoms with E-state index >= 15 is 0 Å². The minimum absolute atomic E-state index is 0.145. The molecule has 4 aromatic rings. The molecule has 3 heterocycles. The highest BCUT2D eigenvalue weighted by molar-refractivity contribution is 7.14. The SMILES string of the molecule is CC(C)Oc1ccc(C2CCC[C@@H]2c2csc(NC(=O)c3cccn3Cc3ccncc3)n2)cc1. The van der Waals surface area contributed by atoms with Gasteiger partial charge >= 0.3 is 0 Å². The number of amides is 1. The van der Waals surface area contributed by atoms with Gasteiger partial charge in [0.1, 0.15) is 11.4 Å². The van der Waals surface area contributed by atoms with Gasteiger partial charge in [-0.05, 0) is 80.1 Å². The summed E-state index contributed by atoms with van der Waals surface area (Å²) in [6.45, 7) is 4.70. The Labute approximate surface area is 210 Å². The molecule has 2 atom stereocenters. The largest absolute Gasteiger partial charge is 0.491 e. The number of ether oxygens (including phenoxy) is 1. The summed E-state index contributed by atoms with van der Waals surface area (Å²) in [7, 11) is 0. The van der Waals surface area contributed by atoms with Gasteiger partial charge in [0.25, 0.3) is 5.91 Å². The lowest BCUT2D eigenvalue weighted by molar-refractivity contribution is 0.101. The van der Waals surface area contributed by atoms with E-state index in [4.69, 9.17) is 9.72 Å². The topological polar surface area (TPSA) is 69.0 Å². The number of nitrogens with zero attached hydrogens (tertiary/aromatic N) is 3. The fourth-order valence-corrected chi connectivity index (χ4v) is 5.67. The van der Waals surface area contributed by atoms with Crippen LogP contribution >= 0.6 is 11.3 Å². The number of nitrogens with one attached hydrogen (secondary N) is 1. The Hall–Kier alpha value is -3.45. The Bertz CT molecular complexity index is 1260. The maximum absolute atomic E-state index is 13.0. The lowest BCUT2D eigenvalue weighted by Gasteiger charge is -2.19. The van der Waals surface area contributed by atoms with E-state index < -0.39 is 0 Å². The summed E-state index contributed by atoms with van der Waals surface area (Å²) in [5, 5.41) is 5.76. The number of carbonyl (C=O) groups excluding carboxylic acids is 1. The molecule has 1 unspecified atom stereocenters. The first kappa shape index (κ1) is 23.3. The molecular formula is C28H30N4O2S. The van der Waals surface area contributed by atoms with Crippen molar-refractivity contribution < 1.29 is 9.53 Å². The lowest BCUT2D eigenvalue weighted by atomic mass is 9.87. The first-order chi connectivity index (χ1) is 17.1. The average Bonchev–Trinajstić information content (AvgIpc) is 3.61. The summed E-state index contributed by atoms with van der Waals surface area (Å²) >= 11 is 1.50. The van der Waals surface area contributed by atoms with Crippen LogP contribution in [0.1, 0.15) is 72.3 Å². The monoisotopic (exact) mass is 486 g/mol. The summed E-state index contributed by atoms with van der Waals surface area (Å²) in [6, 6.07) is 16.2. The molecule has 0 radical (unpaired) electrons. The van der Waals surface area contributed by atoms with Crippen LogP contribution in [0.3, 0.4) is 0 Å². The van der Waals surface area contributed by atoms with Crippen LogP contribution in [0.15, 0.2) is 72.5 Å². The molecule has 6 nitrogen and oxygen atoms in total. The Kier molecular flexibility index (Phi) is 6.95. The third-order valence-electron chi connectivity index (χ3n) is 6.48. The van der Waals surface area contributed by atoms with E-state index in [2.05, 4.69) is 39.9 Å². The number of anilines is 1. The lowest BCUT2D eigenvalue weighted by Crippen LogP contribution is -2.17. The fraction of sp³-hybridized carbons (Fsp3) is 0.321. The molecule has 7 heteroatoms. The van der Waals surface area contributed by atoms with Crippen molar-refractivity contribution in [3.63, 3.8) is 0 Å². The highest BCUT2D eigenvalue weighted by Crippen LogP contribution is 2.46. The van der Waals surface area contributed by atoms with Gasteiger partial charge in [-0.15, -0.1) is 11.3 Å². The second-order valence-electron chi connectivity index (χ2n) is 9.29. The second kappa shape index (κ2) is 10.4. The maximum atomic E-state index is 13.0. The minimum Gasteiger partial charge on any atom is -0.491 e. The Balaban J connectivity index is 1.26. The van der Waals surface area contributed by atoms with Gasteiger partial charge < -0.3 is 9.30 Å². The van der Waals surface area contributed by atoms with Gasteiger partial charge in [0, 0.05) is 36.4 Å². The van der Waals surface area contributed by atoms with Crippen molar-refractivity contribution in [1.82, 2.24) is 14.5 Å². The van der Waals surface area contributed by atoms with E-state index in [1.54, 1.807) is 12.4 Å². The van der Waals surface area contributed by atoms with Crippen LogP contribution < -0.4 is 10.1 Å². The third kappa shape index (κ3) is 5.46. The highest BCUT2D eigenvalue weighted by atomic mass is 32.1. The molecule has 0 spiro atoms. The number of hydrogen-bond acceptors (Lipinski definition) is 5. The first-order valence-corrected chi connectivity index (χ1v) is 13.0. The smallest absolute Gasteiger partial charge is 0.274 e. The first-order valence-electron chi connectivity index (χ1n) is 12.1. The van der Waals surface area contributed by atoms with Crippen LogP contribution in [0, 0.1) is 0 Å². The van der Waals surface area contributed by atoms with E-state index in [9.17, 15) is 4.79 Å². The van der Waals surface area contributed by atoms with Crippen molar-refractivity contribution in [2.45, 2.75) is 57.6 Å². The van der Waals surface area contributed by atoms with Gasteiger partial charge in [-0.3, -0.25) is 15.1 Å². The number of carbonyl (C=O) groups is 1. The molecule has 1 N–H and O–H groups in total. The van der Waals surface area contributed by atoms with Gasteiger partial charge in [0.05, 0.1) is 11.8 Å². The highest BCUT2D eigenvalue weighted by Gasteiger charge is 2.31. The Morgan fingerprint density at radius 2 is 1.89 bits per heavy atom. The molecular weight excluding hydrogens is 456 g/mol. The molecule has 5 rings (SSSR count). The van der Waals surface area contributed by atoms with E-state index in [-0.39, 0.29) is 12.0 Å². The van der Waals surface area contributed by atoms with Crippen LogP contribution in [0.4, 0.5) is 5.13 Å². The van der Waals surface area contributed by atoms with E-state index in [0.29, 0.717) is 29.2 Å². The second-order valence-corrected chi connectivity index (χ2v) is 10.1. The predicted octanol–water partition coefficient (Wildman–Crippen LogP) is 6.48. The quantitative estimate of drug-likeness (QED) is 0.309. The zero-order valence-electron chi connectivity index (χ0n) is 20.1. The molecule has 1 aliphatic carbocycles. The fourth-order valence-electron chi connectivity index (χ4n) is 4.90. The summed E-state index contributed by atoms with van der Waals surface area (Å²) in [4.78, 5) is 21.9. The predicted molar refractivity (Wildman–Crippen MR) is 139 cm³/mol. The molecule has 0 saturated heterocycles. The van der Waals surface area contributed by atoms with E-state index in [0.717, 1.165) is 29.8 Å². The van der Waals surface area contributed by atoms with Crippen LogP contribution in [-0.2, 0) is 6.54 Å². The van der Waals surface area contributed by atoms with Crippen LogP contribution in [0.5, 0.6) is 5.75 Å². The van der Waals surface area contributed by atoms with E-state index in [1.165, 1.54) is 23.3 Å². The van der Waals surface area contributed by atoms with Gasteiger partial charge in [-0.1, -0.05) is 18.6 Å². The maximum Gasteiger partial charge on any atom is 0.274 e. The van der Waals surface area contributed by atoms with Gasteiger partial charge in [0.2, 0.25) is 0 Å². The molecule has 0 aliphatic heterocycles. The van der Waals surface area contributed by atoms with Crippen molar-refractivity contribution in [1.29, 1.82) is 0 Å². The zero-order valence-corrected chi connectivity index (χ0v) is 20.9. The zero-order chi connectivity index (χ0) is 24.2. The van der Waals surface area contributed by atoms with Crippen molar-refractivity contribution in [3.05, 3.63) is 95.0 Å². The summed E-state index contributed by atoms with van der Waals surface area (Å²) < 4.78 is 7.74. The third-order valence-corrected chi connectivity index (χ3v) is 7.26. The Morgan fingerprint density at radius 1 is 1.11 bits per heavy atom. The van der Waals surface area contributed by atoms with Gasteiger partial charge in [0.15, 0.2) is 5.13 Å². The molecule has 35 heavy (non-hydrogen) atoms. The molecule has 0 bridgehead atoms. The van der Waals surface area contributed by atoms with Crippen molar-refractivity contribution in [2.24, 2.45) is 0 Å². The van der Waals surface area contributed by atoms with E-state index in [1.807, 2.05) is 48.9 Å². The molecule has 1 fully saturated rings. The number of pyridine rings is 1. The summed E-state index contributed by atoms with van der Waals surface area (Å²) in [5.41, 5.74) is 4.11. The summed E-state index contributed by atoms with van der Waals surface area (Å²) in [5.74, 6) is 1.56. The molecule has 3 aromatic heterocycles. The number of hydrogen-bond donors (Lipinski definition) is 1. The van der Waals surface area contributed by atoms with Gasteiger partial charge in [-0.25, -0.2) is 4.98 Å². The standard InChI is InChI=1S/C28H30N4O2S/c1-19(2)34-22-10-8-21(9-11-22)23-5-3-6-24(23)25-18-35-28(30-25)31-27(33)26-7-4-16-32(26)17-20-12-14-29-15-13-20/h4,7-16,18-19,23-24H,3,5-6,17H2,1-2H3,(H,30,31,33)/t23?,24-/m0/s1. The molecule has 180 valence electrons. The normalized spacial score (nSPS) is 17.6. The van der Waals surface area contributed by atoms with Crippen molar-refractivity contribution in [2.75, 3.05) is 5.32 Å². The van der Waals surface area contributed by atoms with Gasteiger partial charge in [-0.2, -0.15) is 0 Å².